The second-order valence-corrected chi connectivity index (χ2v) is 12.3. The van der Waals surface area contributed by atoms with Crippen LogP contribution in [0.3, 0.4) is 0 Å². The third kappa shape index (κ3) is 4.13. The van der Waals surface area contributed by atoms with Crippen LogP contribution in [-0.4, -0.2) is 75.4 Å². The molecular weight excluding hydrogens is 474 g/mol. The van der Waals surface area contributed by atoms with Gasteiger partial charge < -0.3 is 19.4 Å². The quantitative estimate of drug-likeness (QED) is 0.602. The summed E-state index contributed by atoms with van der Waals surface area (Å²) >= 11 is 3.79. The number of carbonyl (C=O) groups excluding carboxylic acids is 2. The van der Waals surface area contributed by atoms with Crippen LogP contribution in [-0.2, 0) is 9.53 Å². The van der Waals surface area contributed by atoms with E-state index in [9.17, 15) is 9.59 Å². The Bertz CT molecular complexity index is 921. The summed E-state index contributed by atoms with van der Waals surface area (Å²) in [7, 11) is 0. The van der Waals surface area contributed by atoms with Crippen molar-refractivity contribution in [2.45, 2.75) is 78.5 Å². The lowest BCUT2D eigenvalue weighted by Crippen LogP contribution is -2.64. The molecule has 2 amide bonds. The fraction of sp³-hybridized carbons (Fsp3) is 0.783. The van der Waals surface area contributed by atoms with Gasteiger partial charge in [0.1, 0.15) is 5.60 Å². The van der Waals surface area contributed by atoms with E-state index < -0.39 is 5.60 Å². The number of nitrogens with zero attached hydrogens (tertiary/aromatic N) is 5. The number of hydrogen-bond acceptors (Lipinski definition) is 5. The number of halogens is 1. The number of carbonyl (C=O) groups is 2. The van der Waals surface area contributed by atoms with E-state index in [2.05, 4.69) is 46.3 Å². The van der Waals surface area contributed by atoms with Crippen LogP contribution < -0.4 is 4.90 Å². The van der Waals surface area contributed by atoms with E-state index in [1.165, 1.54) is 0 Å². The second-order valence-electron chi connectivity index (χ2n) is 11.5. The molecule has 0 N–H and O–H groups in total. The van der Waals surface area contributed by atoms with Crippen molar-refractivity contribution in [3.8, 4) is 0 Å². The van der Waals surface area contributed by atoms with E-state index in [-0.39, 0.29) is 23.0 Å². The molecule has 9 heteroatoms. The zero-order valence-corrected chi connectivity index (χ0v) is 22.0. The summed E-state index contributed by atoms with van der Waals surface area (Å²) < 4.78 is 8.69. The van der Waals surface area contributed by atoms with Crippen LogP contribution in [0.5, 0.6) is 0 Å². The Morgan fingerprint density at radius 2 is 1.72 bits per heavy atom. The Hall–Kier alpha value is -1.77. The van der Waals surface area contributed by atoms with E-state index in [0.29, 0.717) is 19.1 Å². The molecule has 2 saturated heterocycles. The van der Waals surface area contributed by atoms with Crippen LogP contribution in [0.4, 0.5) is 10.6 Å². The van der Waals surface area contributed by atoms with E-state index in [0.717, 1.165) is 48.5 Å². The summed E-state index contributed by atoms with van der Waals surface area (Å²) in [4.78, 5) is 30.2. The molecule has 8 nitrogen and oxygen atoms in total. The fourth-order valence-electron chi connectivity index (χ4n) is 5.42. The summed E-state index contributed by atoms with van der Waals surface area (Å²) in [6, 6.07) is 0.349. The molecular formula is C23H36BrN5O3. The van der Waals surface area contributed by atoms with E-state index in [4.69, 9.17) is 9.84 Å². The number of rotatable bonds is 2. The topological polar surface area (TPSA) is 70.9 Å². The van der Waals surface area contributed by atoms with Gasteiger partial charge in [0.2, 0.25) is 5.91 Å². The monoisotopic (exact) mass is 509 g/mol. The van der Waals surface area contributed by atoms with Crippen LogP contribution in [0.25, 0.3) is 0 Å². The largest absolute Gasteiger partial charge is 0.444 e. The molecule has 1 spiro atoms. The van der Waals surface area contributed by atoms with Crippen LogP contribution in [0.1, 0.15) is 66.1 Å². The summed E-state index contributed by atoms with van der Waals surface area (Å²) in [5, 5.41) is 5.03. The predicted molar refractivity (Wildman–Crippen MR) is 127 cm³/mol. The van der Waals surface area contributed by atoms with Gasteiger partial charge in [-0.1, -0.05) is 0 Å². The number of ether oxygens (including phenoxy) is 1. The van der Waals surface area contributed by atoms with Gasteiger partial charge in [-0.2, -0.15) is 5.10 Å². The molecule has 3 heterocycles. The van der Waals surface area contributed by atoms with Gasteiger partial charge >= 0.3 is 6.09 Å². The maximum absolute atomic E-state index is 12.3. The SMILES string of the molecule is CC(=O)N1CCN(c2nn(C3CC4(C3)CN(C(=O)OC(C)(C)C)C4)c(C)c2Br)C(C)(C)C1. The number of anilines is 1. The minimum atomic E-state index is -0.458. The molecule has 1 saturated carbocycles. The molecule has 3 fully saturated rings. The summed E-state index contributed by atoms with van der Waals surface area (Å²) in [5.41, 5.74) is 0.688. The van der Waals surface area contributed by atoms with E-state index in [1.807, 2.05) is 30.6 Å². The lowest BCUT2D eigenvalue weighted by atomic mass is 9.61. The van der Waals surface area contributed by atoms with Crippen LogP contribution in [0.15, 0.2) is 4.47 Å². The Morgan fingerprint density at radius 3 is 2.25 bits per heavy atom. The molecule has 0 atom stereocenters. The Morgan fingerprint density at radius 1 is 1.09 bits per heavy atom. The van der Waals surface area contributed by atoms with Gasteiger partial charge in [0, 0.05) is 45.1 Å². The molecule has 1 aliphatic carbocycles. The number of aromatic nitrogens is 2. The first-order valence-corrected chi connectivity index (χ1v) is 12.3. The number of piperazine rings is 1. The first-order valence-electron chi connectivity index (χ1n) is 11.5. The first kappa shape index (κ1) is 23.4. The maximum atomic E-state index is 12.3. The lowest BCUT2D eigenvalue weighted by molar-refractivity contribution is -0.130. The summed E-state index contributed by atoms with van der Waals surface area (Å²) in [6.07, 6.45) is 1.85. The fourth-order valence-corrected chi connectivity index (χ4v) is 5.89. The molecule has 1 aromatic heterocycles. The van der Waals surface area contributed by atoms with Crippen molar-refractivity contribution < 1.29 is 14.3 Å². The van der Waals surface area contributed by atoms with Gasteiger partial charge in [-0.15, -0.1) is 0 Å². The lowest BCUT2D eigenvalue weighted by Gasteiger charge is -2.58. The number of likely N-dealkylation sites (tertiary alicyclic amines) is 1. The zero-order chi connectivity index (χ0) is 23.6. The van der Waals surface area contributed by atoms with Crippen molar-refractivity contribution in [1.29, 1.82) is 0 Å². The zero-order valence-electron chi connectivity index (χ0n) is 20.4. The maximum Gasteiger partial charge on any atom is 0.410 e. The number of amides is 2. The molecule has 0 aromatic carbocycles. The molecule has 32 heavy (non-hydrogen) atoms. The van der Waals surface area contributed by atoms with Crippen molar-refractivity contribution in [2.75, 3.05) is 37.6 Å². The minimum absolute atomic E-state index is 0.124. The minimum Gasteiger partial charge on any atom is -0.444 e. The van der Waals surface area contributed by atoms with Gasteiger partial charge in [-0.25, -0.2) is 4.79 Å². The average molecular weight is 510 g/mol. The summed E-state index contributed by atoms with van der Waals surface area (Å²) in [5.74, 6) is 1.08. The van der Waals surface area contributed by atoms with Gasteiger partial charge in [0.25, 0.3) is 0 Å². The molecule has 0 bridgehead atoms. The standard InChI is InChI=1S/C23H36BrN5O3/c1-15-18(24)19(28-9-8-26(16(2)30)12-22(28,6)7)25-29(15)17-10-23(11-17)13-27(14-23)20(31)32-21(3,4)5/h17H,8-14H2,1-7H3. The molecule has 178 valence electrons. The first-order chi connectivity index (χ1) is 14.7. The van der Waals surface area contributed by atoms with Crippen LogP contribution in [0, 0.1) is 12.3 Å². The van der Waals surface area contributed by atoms with Crippen LogP contribution >= 0.6 is 15.9 Å². The normalized spacial score (nSPS) is 22.6. The van der Waals surface area contributed by atoms with E-state index in [1.54, 1.807) is 6.92 Å². The third-order valence-electron chi connectivity index (χ3n) is 7.05. The third-order valence-corrected chi connectivity index (χ3v) is 7.98. The molecule has 4 rings (SSSR count). The van der Waals surface area contributed by atoms with Gasteiger partial charge in [-0.3, -0.25) is 9.48 Å². The second kappa shape index (κ2) is 7.64. The molecule has 3 aliphatic rings. The highest BCUT2D eigenvalue weighted by Crippen LogP contribution is 2.55. The highest BCUT2D eigenvalue weighted by atomic mass is 79.9. The molecule has 0 radical (unpaired) electrons. The van der Waals surface area contributed by atoms with Gasteiger partial charge in [-0.05, 0) is 70.3 Å². The van der Waals surface area contributed by atoms with Gasteiger partial charge in [0.05, 0.1) is 21.7 Å². The summed E-state index contributed by atoms with van der Waals surface area (Å²) in [6.45, 7) is 17.5. The predicted octanol–water partition coefficient (Wildman–Crippen LogP) is 3.97. The average Bonchev–Trinajstić information content (AvgIpc) is 2.85. The van der Waals surface area contributed by atoms with E-state index >= 15 is 0 Å². The Balaban J connectivity index is 1.41. The molecule has 1 aromatic rings. The van der Waals surface area contributed by atoms with Gasteiger partial charge in [0.15, 0.2) is 5.82 Å². The Kier molecular flexibility index (Phi) is 5.58. The highest BCUT2D eigenvalue weighted by Gasteiger charge is 2.55. The molecule has 2 aliphatic heterocycles. The smallest absolute Gasteiger partial charge is 0.410 e. The van der Waals surface area contributed by atoms with Crippen molar-refractivity contribution in [1.82, 2.24) is 19.6 Å². The Labute approximate surface area is 199 Å². The van der Waals surface area contributed by atoms with Crippen molar-refractivity contribution in [3.05, 3.63) is 10.2 Å². The van der Waals surface area contributed by atoms with Crippen molar-refractivity contribution in [3.63, 3.8) is 0 Å². The van der Waals surface area contributed by atoms with Crippen molar-refractivity contribution in [2.24, 2.45) is 5.41 Å². The molecule has 0 unspecified atom stereocenters. The highest BCUT2D eigenvalue weighted by molar-refractivity contribution is 9.10. The van der Waals surface area contributed by atoms with Crippen molar-refractivity contribution >= 4 is 33.7 Å². The van der Waals surface area contributed by atoms with Crippen LogP contribution in [0.2, 0.25) is 0 Å². The number of hydrogen-bond donors (Lipinski definition) is 0.